The maximum Gasteiger partial charge on any atom is 0.243 e. The number of benzene rings is 1. The molecule has 138 valence electrons. The maximum atomic E-state index is 13.1. The average molecular weight is 366 g/mol. The largest absolute Gasteiger partial charge is 0.495 e. The van der Waals surface area contributed by atoms with Crippen LogP contribution in [-0.4, -0.2) is 45.4 Å². The van der Waals surface area contributed by atoms with Gasteiger partial charge in [-0.3, -0.25) is 4.79 Å². The van der Waals surface area contributed by atoms with Gasteiger partial charge in [-0.2, -0.15) is 4.31 Å². The van der Waals surface area contributed by atoms with Crippen LogP contribution in [0.5, 0.6) is 5.75 Å². The van der Waals surface area contributed by atoms with Crippen molar-refractivity contribution in [2.24, 2.45) is 5.41 Å². The highest BCUT2D eigenvalue weighted by atomic mass is 32.2. The molecule has 6 nitrogen and oxygen atoms in total. The summed E-state index contributed by atoms with van der Waals surface area (Å²) in [4.78, 5) is 13.9. The highest BCUT2D eigenvalue weighted by Gasteiger charge is 2.35. The van der Waals surface area contributed by atoms with Gasteiger partial charge in [-0.25, -0.2) is 8.42 Å². The van der Waals surface area contributed by atoms with Gasteiger partial charge in [0.1, 0.15) is 5.75 Å². The summed E-state index contributed by atoms with van der Waals surface area (Å²) in [5, 5.41) is 0. The fourth-order valence-corrected chi connectivity index (χ4v) is 5.36. The molecular formula is C18H26N2O4S. The summed E-state index contributed by atoms with van der Waals surface area (Å²) in [6.07, 6.45) is 3.15. The first-order chi connectivity index (χ1) is 11.7. The van der Waals surface area contributed by atoms with Gasteiger partial charge >= 0.3 is 0 Å². The number of hydrogen-bond donors (Lipinski definition) is 0. The zero-order valence-electron chi connectivity index (χ0n) is 15.1. The minimum atomic E-state index is -3.59. The monoisotopic (exact) mass is 366 g/mol. The summed E-state index contributed by atoms with van der Waals surface area (Å²) in [5.74, 6) is 0.528. The minimum Gasteiger partial charge on any atom is -0.495 e. The molecule has 0 radical (unpaired) electrons. The summed E-state index contributed by atoms with van der Waals surface area (Å²) >= 11 is 0. The topological polar surface area (TPSA) is 66.9 Å². The molecule has 0 N–H and O–H groups in total. The zero-order chi connectivity index (χ0) is 18.2. The molecule has 1 aromatic carbocycles. The minimum absolute atomic E-state index is 0.00644. The lowest BCUT2D eigenvalue weighted by Crippen LogP contribution is -2.43. The van der Waals surface area contributed by atoms with E-state index in [2.05, 4.69) is 13.8 Å². The van der Waals surface area contributed by atoms with Gasteiger partial charge in [-0.15, -0.1) is 0 Å². The quantitative estimate of drug-likeness (QED) is 0.822. The molecule has 3 rings (SSSR count). The lowest BCUT2D eigenvalue weighted by molar-refractivity contribution is -0.117. The van der Waals surface area contributed by atoms with Crippen molar-refractivity contribution in [1.29, 1.82) is 0 Å². The fraction of sp³-hybridized carbons (Fsp3) is 0.611. The molecule has 0 saturated carbocycles. The van der Waals surface area contributed by atoms with Crippen molar-refractivity contribution in [3.05, 3.63) is 18.2 Å². The molecule has 1 aromatic rings. The van der Waals surface area contributed by atoms with E-state index in [0.717, 1.165) is 19.3 Å². The fourth-order valence-electron chi connectivity index (χ4n) is 3.67. The van der Waals surface area contributed by atoms with Crippen LogP contribution in [0.15, 0.2) is 23.1 Å². The predicted octanol–water partition coefficient (Wildman–Crippen LogP) is 2.63. The molecule has 2 heterocycles. The van der Waals surface area contributed by atoms with Crippen molar-refractivity contribution < 1.29 is 17.9 Å². The van der Waals surface area contributed by atoms with E-state index in [1.165, 1.54) is 7.11 Å². The number of piperidine rings is 1. The Morgan fingerprint density at radius 3 is 2.52 bits per heavy atom. The van der Waals surface area contributed by atoms with Crippen LogP contribution in [0, 0.1) is 5.41 Å². The molecule has 0 bridgehead atoms. The Bertz CT molecular complexity index is 773. The first-order valence-corrected chi connectivity index (χ1v) is 10.2. The second kappa shape index (κ2) is 6.61. The van der Waals surface area contributed by atoms with Crippen LogP contribution in [0.25, 0.3) is 0 Å². The number of amides is 1. The van der Waals surface area contributed by atoms with Crippen LogP contribution in [0.2, 0.25) is 0 Å². The molecule has 25 heavy (non-hydrogen) atoms. The third kappa shape index (κ3) is 3.53. The van der Waals surface area contributed by atoms with Crippen molar-refractivity contribution in [3.8, 4) is 5.75 Å². The smallest absolute Gasteiger partial charge is 0.243 e. The van der Waals surface area contributed by atoms with Crippen molar-refractivity contribution in [3.63, 3.8) is 0 Å². The highest BCUT2D eigenvalue weighted by molar-refractivity contribution is 7.89. The third-order valence-electron chi connectivity index (χ3n) is 5.02. The van der Waals surface area contributed by atoms with E-state index < -0.39 is 10.0 Å². The zero-order valence-corrected chi connectivity index (χ0v) is 15.9. The average Bonchev–Trinajstić information content (AvgIpc) is 2.99. The Morgan fingerprint density at radius 1 is 1.16 bits per heavy atom. The number of rotatable bonds is 4. The first-order valence-electron chi connectivity index (χ1n) is 8.73. The number of carbonyl (C=O) groups excluding carboxylic acids is 1. The van der Waals surface area contributed by atoms with Crippen LogP contribution in [0.3, 0.4) is 0 Å². The van der Waals surface area contributed by atoms with E-state index in [-0.39, 0.29) is 16.2 Å². The van der Waals surface area contributed by atoms with Gasteiger partial charge < -0.3 is 9.64 Å². The second-order valence-corrected chi connectivity index (χ2v) is 9.53. The lowest BCUT2D eigenvalue weighted by Gasteiger charge is -2.37. The Labute approximate surface area is 149 Å². The van der Waals surface area contributed by atoms with Crippen molar-refractivity contribution in [2.75, 3.05) is 31.6 Å². The summed E-state index contributed by atoms with van der Waals surface area (Å²) < 4.78 is 33.1. The molecule has 0 aromatic heterocycles. The summed E-state index contributed by atoms with van der Waals surface area (Å²) in [6.45, 7) is 5.83. The van der Waals surface area contributed by atoms with Crippen molar-refractivity contribution >= 4 is 21.6 Å². The standard InChI is InChI=1S/C18H26N2O4S/c1-18(2)9-5-10-19(13-18)25(22,23)14-7-8-16(24-3)15(12-14)20-11-4-6-17(20)21/h7-8,12H,4-6,9-11,13H2,1-3H3. The maximum absolute atomic E-state index is 13.1. The number of hydrogen-bond acceptors (Lipinski definition) is 4. The van der Waals surface area contributed by atoms with E-state index >= 15 is 0 Å². The second-order valence-electron chi connectivity index (χ2n) is 7.59. The first kappa shape index (κ1) is 18.2. The number of sulfonamides is 1. The van der Waals surface area contributed by atoms with Gasteiger partial charge in [0.15, 0.2) is 0 Å². The number of methoxy groups -OCH3 is 1. The summed E-state index contributed by atoms with van der Waals surface area (Å²) in [7, 11) is -2.06. The molecule has 7 heteroatoms. The van der Waals surface area contributed by atoms with E-state index in [4.69, 9.17) is 4.74 Å². The van der Waals surface area contributed by atoms with Gasteiger partial charge in [0.25, 0.3) is 0 Å². The lowest BCUT2D eigenvalue weighted by atomic mass is 9.85. The third-order valence-corrected chi connectivity index (χ3v) is 6.86. The van der Waals surface area contributed by atoms with Gasteiger partial charge in [0.05, 0.1) is 17.7 Å². The van der Waals surface area contributed by atoms with Gasteiger partial charge in [0.2, 0.25) is 15.9 Å². The van der Waals surface area contributed by atoms with E-state index in [9.17, 15) is 13.2 Å². The predicted molar refractivity (Wildman–Crippen MR) is 96.4 cm³/mol. The number of ether oxygens (including phenoxy) is 1. The molecule has 0 spiro atoms. The van der Waals surface area contributed by atoms with Crippen molar-refractivity contribution in [1.82, 2.24) is 4.31 Å². The van der Waals surface area contributed by atoms with E-state index in [1.54, 1.807) is 27.4 Å². The Morgan fingerprint density at radius 2 is 1.92 bits per heavy atom. The molecule has 2 fully saturated rings. The highest BCUT2D eigenvalue weighted by Crippen LogP contribution is 2.36. The van der Waals surface area contributed by atoms with Crippen LogP contribution in [0.4, 0.5) is 5.69 Å². The molecule has 1 amide bonds. The van der Waals surface area contributed by atoms with Gasteiger partial charge in [-0.05, 0) is 42.9 Å². The Balaban J connectivity index is 1.98. The van der Waals surface area contributed by atoms with Gasteiger partial charge in [0, 0.05) is 26.1 Å². The number of carbonyl (C=O) groups is 1. The summed E-state index contributed by atoms with van der Waals surface area (Å²) in [6, 6.07) is 4.79. The molecule has 2 saturated heterocycles. The Kier molecular flexibility index (Phi) is 4.81. The number of nitrogens with zero attached hydrogens (tertiary/aromatic N) is 2. The van der Waals surface area contributed by atoms with Crippen molar-refractivity contribution in [2.45, 2.75) is 44.4 Å². The van der Waals surface area contributed by atoms with E-state index in [0.29, 0.717) is 37.5 Å². The number of anilines is 1. The molecule has 2 aliphatic rings. The molecular weight excluding hydrogens is 340 g/mol. The van der Waals surface area contributed by atoms with Gasteiger partial charge in [-0.1, -0.05) is 13.8 Å². The SMILES string of the molecule is COc1ccc(S(=O)(=O)N2CCCC(C)(C)C2)cc1N1CCCC1=O. The van der Waals surface area contributed by atoms with Crippen LogP contribution in [0.1, 0.15) is 39.5 Å². The molecule has 0 aliphatic carbocycles. The molecule has 0 unspecified atom stereocenters. The molecule has 2 aliphatic heterocycles. The Hall–Kier alpha value is -1.60. The van der Waals surface area contributed by atoms with Crippen LogP contribution in [-0.2, 0) is 14.8 Å². The van der Waals surface area contributed by atoms with Crippen LogP contribution >= 0.6 is 0 Å². The normalized spacial score (nSPS) is 21.6. The van der Waals surface area contributed by atoms with Crippen LogP contribution < -0.4 is 9.64 Å². The molecule has 0 atom stereocenters. The summed E-state index contributed by atoms with van der Waals surface area (Å²) in [5.41, 5.74) is 0.522. The van der Waals surface area contributed by atoms with E-state index in [1.807, 2.05) is 0 Å².